The molecule has 1 aromatic heterocycles. The van der Waals surface area contributed by atoms with Gasteiger partial charge in [0.2, 0.25) is 5.89 Å². The maximum Gasteiger partial charge on any atom is 0.316 e. The predicted octanol–water partition coefficient (Wildman–Crippen LogP) is 3.26. The van der Waals surface area contributed by atoms with Crippen LogP contribution in [0.4, 0.5) is 6.01 Å². The van der Waals surface area contributed by atoms with Crippen molar-refractivity contribution in [2.75, 3.05) is 5.32 Å². The van der Waals surface area contributed by atoms with Gasteiger partial charge in [0.15, 0.2) is 0 Å². The van der Waals surface area contributed by atoms with Gasteiger partial charge in [0, 0.05) is 11.1 Å². The van der Waals surface area contributed by atoms with Crippen molar-refractivity contribution in [3.05, 3.63) is 29.8 Å². The molecule has 0 bridgehead atoms. The first-order valence-corrected chi connectivity index (χ1v) is 5.63. The van der Waals surface area contributed by atoms with Crippen molar-refractivity contribution in [1.82, 2.24) is 10.2 Å². The summed E-state index contributed by atoms with van der Waals surface area (Å²) in [5.41, 5.74) is 2.03. The van der Waals surface area contributed by atoms with E-state index >= 15 is 0 Å². The second kappa shape index (κ2) is 4.20. The average Bonchev–Trinajstić information content (AvgIpc) is 2.63. The van der Waals surface area contributed by atoms with Gasteiger partial charge in [-0.1, -0.05) is 22.8 Å². The molecule has 0 aliphatic rings. The molecule has 4 nitrogen and oxygen atoms in total. The van der Waals surface area contributed by atoms with Gasteiger partial charge in [0.1, 0.15) is 0 Å². The Morgan fingerprint density at radius 3 is 2.59 bits per heavy atom. The molecule has 0 atom stereocenters. The van der Waals surface area contributed by atoms with Gasteiger partial charge in [-0.3, -0.25) is 0 Å². The first-order valence-electron chi connectivity index (χ1n) is 5.63. The highest BCUT2D eigenvalue weighted by atomic mass is 16.4. The fraction of sp³-hybridized carbons (Fsp3) is 0.385. The maximum atomic E-state index is 5.57. The van der Waals surface area contributed by atoms with Crippen LogP contribution in [-0.2, 0) is 0 Å². The van der Waals surface area contributed by atoms with E-state index in [1.54, 1.807) is 0 Å². The maximum absolute atomic E-state index is 5.57. The minimum atomic E-state index is -0.0869. The summed E-state index contributed by atoms with van der Waals surface area (Å²) in [6, 6.07) is 8.45. The summed E-state index contributed by atoms with van der Waals surface area (Å²) in [7, 11) is 0. The molecule has 1 heterocycles. The van der Waals surface area contributed by atoms with Gasteiger partial charge in [-0.25, -0.2) is 0 Å². The Morgan fingerprint density at radius 2 is 1.94 bits per heavy atom. The lowest BCUT2D eigenvalue weighted by Gasteiger charge is -2.17. The summed E-state index contributed by atoms with van der Waals surface area (Å²) < 4.78 is 5.57. The van der Waals surface area contributed by atoms with E-state index in [4.69, 9.17) is 4.42 Å². The van der Waals surface area contributed by atoms with Crippen LogP contribution in [-0.4, -0.2) is 15.7 Å². The van der Waals surface area contributed by atoms with Crippen molar-refractivity contribution < 1.29 is 4.42 Å². The summed E-state index contributed by atoms with van der Waals surface area (Å²) in [5, 5.41) is 11.2. The Morgan fingerprint density at radius 1 is 1.18 bits per heavy atom. The molecule has 0 saturated heterocycles. The predicted molar refractivity (Wildman–Crippen MR) is 67.8 cm³/mol. The lowest BCUT2D eigenvalue weighted by atomic mass is 10.1. The number of benzene rings is 1. The topological polar surface area (TPSA) is 51.0 Å². The van der Waals surface area contributed by atoms with Crippen molar-refractivity contribution in [2.24, 2.45) is 0 Å². The number of hydrogen-bond acceptors (Lipinski definition) is 4. The molecule has 0 fully saturated rings. The molecule has 0 unspecified atom stereocenters. The normalized spacial score (nSPS) is 11.5. The van der Waals surface area contributed by atoms with Gasteiger partial charge in [-0.2, -0.15) is 0 Å². The molecule has 90 valence electrons. The number of rotatable bonds is 2. The van der Waals surface area contributed by atoms with E-state index in [1.165, 1.54) is 5.56 Å². The SMILES string of the molecule is Cc1cccc(-c2nnc(NC(C)(C)C)o2)c1. The Labute approximate surface area is 101 Å². The third-order valence-corrected chi connectivity index (χ3v) is 2.17. The molecular formula is C13H17N3O. The molecule has 1 aromatic carbocycles. The van der Waals surface area contributed by atoms with Gasteiger partial charge >= 0.3 is 6.01 Å². The number of hydrogen-bond donors (Lipinski definition) is 1. The largest absolute Gasteiger partial charge is 0.403 e. The zero-order valence-corrected chi connectivity index (χ0v) is 10.6. The lowest BCUT2D eigenvalue weighted by molar-refractivity contribution is 0.538. The van der Waals surface area contributed by atoms with E-state index in [0.717, 1.165) is 5.56 Å². The van der Waals surface area contributed by atoms with E-state index < -0.39 is 0 Å². The van der Waals surface area contributed by atoms with Gasteiger partial charge in [0.05, 0.1) is 0 Å². The van der Waals surface area contributed by atoms with Crippen LogP contribution in [0.2, 0.25) is 0 Å². The average molecular weight is 231 g/mol. The molecule has 0 aliphatic carbocycles. The molecule has 0 saturated carbocycles. The quantitative estimate of drug-likeness (QED) is 0.862. The summed E-state index contributed by atoms with van der Waals surface area (Å²) in [5.74, 6) is 0.542. The highest BCUT2D eigenvalue weighted by Gasteiger charge is 2.15. The Kier molecular flexibility index (Phi) is 2.88. The molecule has 1 N–H and O–H groups in total. The minimum absolute atomic E-state index is 0.0869. The fourth-order valence-electron chi connectivity index (χ4n) is 1.49. The highest BCUT2D eigenvalue weighted by molar-refractivity contribution is 5.54. The number of aromatic nitrogens is 2. The molecule has 4 heteroatoms. The zero-order valence-electron chi connectivity index (χ0n) is 10.6. The van der Waals surface area contributed by atoms with Crippen LogP contribution in [0, 0.1) is 6.92 Å². The monoisotopic (exact) mass is 231 g/mol. The number of nitrogens with zero attached hydrogens (tertiary/aromatic N) is 2. The summed E-state index contributed by atoms with van der Waals surface area (Å²) in [4.78, 5) is 0. The van der Waals surface area contributed by atoms with Crippen molar-refractivity contribution in [1.29, 1.82) is 0 Å². The van der Waals surface area contributed by atoms with E-state index in [2.05, 4.69) is 15.5 Å². The summed E-state index contributed by atoms with van der Waals surface area (Å²) in [6.45, 7) is 8.17. The smallest absolute Gasteiger partial charge is 0.316 e. The Balaban J connectivity index is 2.24. The number of aryl methyl sites for hydroxylation is 1. The van der Waals surface area contributed by atoms with Gasteiger partial charge in [0.25, 0.3) is 0 Å². The van der Waals surface area contributed by atoms with Crippen LogP contribution < -0.4 is 5.32 Å². The third kappa shape index (κ3) is 3.06. The number of anilines is 1. The van der Waals surface area contributed by atoms with Crippen LogP contribution in [0.1, 0.15) is 26.3 Å². The fourth-order valence-corrected chi connectivity index (χ4v) is 1.49. The van der Waals surface area contributed by atoms with Crippen LogP contribution in [0.3, 0.4) is 0 Å². The highest BCUT2D eigenvalue weighted by Crippen LogP contribution is 2.22. The van der Waals surface area contributed by atoms with Gasteiger partial charge in [-0.05, 0) is 39.8 Å². The van der Waals surface area contributed by atoms with Crippen LogP contribution in [0.5, 0.6) is 0 Å². The molecule has 0 radical (unpaired) electrons. The van der Waals surface area contributed by atoms with Gasteiger partial charge < -0.3 is 9.73 Å². The molecule has 17 heavy (non-hydrogen) atoms. The van der Waals surface area contributed by atoms with E-state index in [1.807, 2.05) is 52.0 Å². The molecule has 2 rings (SSSR count). The molecule has 0 aliphatic heterocycles. The first-order chi connectivity index (χ1) is 7.94. The second-order valence-corrected chi connectivity index (χ2v) is 5.16. The first kappa shape index (κ1) is 11.6. The second-order valence-electron chi connectivity index (χ2n) is 5.16. The molecular weight excluding hydrogens is 214 g/mol. The Hall–Kier alpha value is -1.84. The van der Waals surface area contributed by atoms with Crippen molar-refractivity contribution in [3.8, 4) is 11.5 Å². The Bertz CT molecular complexity index is 511. The van der Waals surface area contributed by atoms with Crippen molar-refractivity contribution >= 4 is 6.01 Å². The van der Waals surface area contributed by atoms with Crippen LogP contribution in [0.15, 0.2) is 28.7 Å². The molecule has 0 amide bonds. The summed E-state index contributed by atoms with van der Waals surface area (Å²) >= 11 is 0. The van der Waals surface area contributed by atoms with E-state index in [0.29, 0.717) is 11.9 Å². The van der Waals surface area contributed by atoms with E-state index in [9.17, 15) is 0 Å². The van der Waals surface area contributed by atoms with E-state index in [-0.39, 0.29) is 5.54 Å². The van der Waals surface area contributed by atoms with Crippen LogP contribution in [0.25, 0.3) is 11.5 Å². The zero-order chi connectivity index (χ0) is 12.5. The third-order valence-electron chi connectivity index (χ3n) is 2.17. The van der Waals surface area contributed by atoms with Crippen molar-refractivity contribution in [2.45, 2.75) is 33.2 Å². The molecule has 2 aromatic rings. The minimum Gasteiger partial charge on any atom is -0.403 e. The standard InChI is InChI=1S/C13H17N3O/c1-9-6-5-7-10(8-9)11-15-16-12(17-11)14-13(2,3)4/h5-8H,1-4H3,(H,14,16). The summed E-state index contributed by atoms with van der Waals surface area (Å²) in [6.07, 6.45) is 0. The number of nitrogens with one attached hydrogen (secondary N) is 1. The lowest BCUT2D eigenvalue weighted by Crippen LogP contribution is -2.26. The van der Waals surface area contributed by atoms with Crippen LogP contribution >= 0.6 is 0 Å². The van der Waals surface area contributed by atoms with Gasteiger partial charge in [-0.15, -0.1) is 5.10 Å². The molecule has 0 spiro atoms. The van der Waals surface area contributed by atoms with Crippen molar-refractivity contribution in [3.63, 3.8) is 0 Å².